The standard InChI is InChI=1S/C26H32N4O2/c1-2-3-9-24-28-22-12-11-21(18-23(22)29-24)27-26(32)20-14-16-30(17-15-20)25(31)13-10-19-7-5-4-6-8-19/h4-8,11-12,18,20H,2-3,9-10,13-17H2,1H3,(H,27,32)(H,28,29). The van der Waals surface area contributed by atoms with E-state index < -0.39 is 0 Å². The van der Waals surface area contributed by atoms with Crippen LogP contribution in [0.1, 0.15) is 50.4 Å². The fourth-order valence-corrected chi connectivity index (χ4v) is 4.29. The number of imidazole rings is 1. The molecule has 6 nitrogen and oxygen atoms in total. The second kappa shape index (κ2) is 10.4. The fourth-order valence-electron chi connectivity index (χ4n) is 4.29. The van der Waals surface area contributed by atoms with E-state index in [1.54, 1.807) is 0 Å². The van der Waals surface area contributed by atoms with E-state index in [9.17, 15) is 9.59 Å². The van der Waals surface area contributed by atoms with Crippen molar-refractivity contribution in [2.24, 2.45) is 5.92 Å². The third kappa shape index (κ3) is 5.55. The molecule has 32 heavy (non-hydrogen) atoms. The number of amides is 2. The van der Waals surface area contributed by atoms with Crippen LogP contribution in [0.2, 0.25) is 0 Å². The molecule has 4 rings (SSSR count). The lowest BCUT2D eigenvalue weighted by Gasteiger charge is -2.31. The number of rotatable bonds is 8. The van der Waals surface area contributed by atoms with Crippen LogP contribution in [0.25, 0.3) is 11.0 Å². The minimum absolute atomic E-state index is 0.0338. The number of carbonyl (C=O) groups excluding carboxylic acids is 2. The zero-order chi connectivity index (χ0) is 22.3. The predicted octanol–water partition coefficient (Wildman–Crippen LogP) is 4.72. The van der Waals surface area contributed by atoms with Crippen molar-refractivity contribution in [3.05, 3.63) is 59.9 Å². The average Bonchev–Trinajstić information content (AvgIpc) is 3.24. The Labute approximate surface area is 189 Å². The molecule has 1 aliphatic heterocycles. The zero-order valence-electron chi connectivity index (χ0n) is 18.8. The maximum Gasteiger partial charge on any atom is 0.227 e. The number of H-pyrrole nitrogens is 1. The number of aromatic nitrogens is 2. The maximum atomic E-state index is 12.8. The number of aryl methyl sites for hydroxylation is 2. The van der Waals surface area contributed by atoms with E-state index in [1.807, 2.05) is 41.3 Å². The van der Waals surface area contributed by atoms with Gasteiger partial charge in [0.1, 0.15) is 5.82 Å². The number of hydrogen-bond donors (Lipinski definition) is 2. The summed E-state index contributed by atoms with van der Waals surface area (Å²) in [5.74, 6) is 1.14. The molecule has 0 bridgehead atoms. The molecule has 0 saturated carbocycles. The van der Waals surface area contributed by atoms with Crippen molar-refractivity contribution in [1.82, 2.24) is 14.9 Å². The van der Waals surface area contributed by atoms with Crippen LogP contribution in [0.15, 0.2) is 48.5 Å². The fraction of sp³-hybridized carbons (Fsp3) is 0.423. The molecule has 1 aliphatic rings. The van der Waals surface area contributed by atoms with Gasteiger partial charge in [-0.1, -0.05) is 43.7 Å². The van der Waals surface area contributed by atoms with E-state index >= 15 is 0 Å². The molecule has 0 unspecified atom stereocenters. The van der Waals surface area contributed by atoms with Crippen LogP contribution < -0.4 is 5.32 Å². The van der Waals surface area contributed by atoms with Crippen molar-refractivity contribution < 1.29 is 9.59 Å². The maximum absolute atomic E-state index is 12.8. The van der Waals surface area contributed by atoms with E-state index in [-0.39, 0.29) is 17.7 Å². The molecule has 6 heteroatoms. The van der Waals surface area contributed by atoms with Gasteiger partial charge in [-0.3, -0.25) is 9.59 Å². The molecular formula is C26H32N4O2. The SMILES string of the molecule is CCCCc1nc2ccc(NC(=O)C3CCN(C(=O)CCc4ccccc4)CC3)cc2[nH]1. The van der Waals surface area contributed by atoms with Crippen LogP contribution in [0.4, 0.5) is 5.69 Å². The first kappa shape index (κ1) is 22.1. The largest absolute Gasteiger partial charge is 0.343 e. The lowest BCUT2D eigenvalue weighted by molar-refractivity contribution is -0.134. The van der Waals surface area contributed by atoms with Gasteiger partial charge in [0.05, 0.1) is 11.0 Å². The number of unbranched alkanes of at least 4 members (excludes halogenated alkanes) is 1. The minimum atomic E-state index is -0.0641. The normalized spacial score (nSPS) is 14.6. The third-order valence-corrected chi connectivity index (χ3v) is 6.25. The van der Waals surface area contributed by atoms with Crippen molar-refractivity contribution in [3.63, 3.8) is 0 Å². The van der Waals surface area contributed by atoms with Gasteiger partial charge in [0, 0.05) is 37.5 Å². The van der Waals surface area contributed by atoms with Crippen molar-refractivity contribution in [2.75, 3.05) is 18.4 Å². The molecule has 2 heterocycles. The summed E-state index contributed by atoms with van der Waals surface area (Å²) in [4.78, 5) is 35.2. The second-order valence-corrected chi connectivity index (χ2v) is 8.65. The molecule has 1 fully saturated rings. The molecule has 168 valence electrons. The third-order valence-electron chi connectivity index (χ3n) is 6.25. The van der Waals surface area contributed by atoms with Gasteiger partial charge < -0.3 is 15.2 Å². The number of benzene rings is 2. The van der Waals surface area contributed by atoms with Gasteiger partial charge in [-0.25, -0.2) is 4.98 Å². The highest BCUT2D eigenvalue weighted by atomic mass is 16.2. The monoisotopic (exact) mass is 432 g/mol. The van der Waals surface area contributed by atoms with E-state index in [0.29, 0.717) is 32.4 Å². The van der Waals surface area contributed by atoms with E-state index in [0.717, 1.165) is 48.2 Å². The first-order chi connectivity index (χ1) is 15.6. The Morgan fingerprint density at radius 2 is 1.88 bits per heavy atom. The topological polar surface area (TPSA) is 78.1 Å². The first-order valence-corrected chi connectivity index (χ1v) is 11.7. The first-order valence-electron chi connectivity index (χ1n) is 11.7. The summed E-state index contributed by atoms with van der Waals surface area (Å²) in [5.41, 5.74) is 3.85. The number of carbonyl (C=O) groups is 2. The van der Waals surface area contributed by atoms with Crippen LogP contribution in [0.5, 0.6) is 0 Å². The Morgan fingerprint density at radius 3 is 2.62 bits per heavy atom. The van der Waals surface area contributed by atoms with Crippen LogP contribution >= 0.6 is 0 Å². The van der Waals surface area contributed by atoms with Crippen molar-refractivity contribution >= 4 is 28.5 Å². The lowest BCUT2D eigenvalue weighted by atomic mass is 9.95. The molecular weight excluding hydrogens is 400 g/mol. The Morgan fingerprint density at radius 1 is 1.09 bits per heavy atom. The van der Waals surface area contributed by atoms with Crippen molar-refractivity contribution in [2.45, 2.75) is 51.9 Å². The molecule has 1 saturated heterocycles. The summed E-state index contributed by atoms with van der Waals surface area (Å²) in [6, 6.07) is 15.9. The van der Waals surface area contributed by atoms with Gasteiger partial charge >= 0.3 is 0 Å². The lowest BCUT2D eigenvalue weighted by Crippen LogP contribution is -2.41. The van der Waals surface area contributed by atoms with Crippen LogP contribution in [0, 0.1) is 5.92 Å². The van der Waals surface area contributed by atoms with Gasteiger partial charge in [0.25, 0.3) is 0 Å². The molecule has 2 amide bonds. The number of nitrogens with zero attached hydrogens (tertiary/aromatic N) is 2. The average molecular weight is 433 g/mol. The number of nitrogens with one attached hydrogen (secondary N) is 2. The summed E-state index contributed by atoms with van der Waals surface area (Å²) in [5, 5.41) is 3.06. The highest BCUT2D eigenvalue weighted by Gasteiger charge is 2.27. The van der Waals surface area contributed by atoms with Crippen LogP contribution in [-0.2, 0) is 22.4 Å². The molecule has 0 aliphatic carbocycles. The van der Waals surface area contributed by atoms with E-state index in [4.69, 9.17) is 0 Å². The van der Waals surface area contributed by atoms with Crippen LogP contribution in [-0.4, -0.2) is 39.8 Å². The van der Waals surface area contributed by atoms with E-state index in [2.05, 4.69) is 34.3 Å². The molecule has 1 aromatic heterocycles. The molecule has 0 atom stereocenters. The Hall–Kier alpha value is -3.15. The Kier molecular flexibility index (Phi) is 7.20. The summed E-state index contributed by atoms with van der Waals surface area (Å²) in [6.45, 7) is 3.46. The van der Waals surface area contributed by atoms with Crippen molar-refractivity contribution in [1.29, 1.82) is 0 Å². The van der Waals surface area contributed by atoms with E-state index in [1.165, 1.54) is 5.56 Å². The van der Waals surface area contributed by atoms with Crippen LogP contribution in [0.3, 0.4) is 0 Å². The second-order valence-electron chi connectivity index (χ2n) is 8.65. The number of hydrogen-bond acceptors (Lipinski definition) is 3. The number of anilines is 1. The Bertz CT molecular complexity index is 1050. The summed E-state index contributed by atoms with van der Waals surface area (Å²) in [7, 11) is 0. The summed E-state index contributed by atoms with van der Waals surface area (Å²) < 4.78 is 0. The summed E-state index contributed by atoms with van der Waals surface area (Å²) >= 11 is 0. The predicted molar refractivity (Wildman–Crippen MR) is 127 cm³/mol. The summed E-state index contributed by atoms with van der Waals surface area (Å²) in [6.07, 6.45) is 5.87. The van der Waals surface area contributed by atoms with Gasteiger partial charge in [-0.15, -0.1) is 0 Å². The van der Waals surface area contributed by atoms with Gasteiger partial charge in [-0.05, 0) is 49.4 Å². The number of likely N-dealkylation sites (tertiary alicyclic amines) is 1. The van der Waals surface area contributed by atoms with Gasteiger partial charge in [0.15, 0.2) is 0 Å². The Balaban J connectivity index is 1.26. The van der Waals surface area contributed by atoms with Gasteiger partial charge in [0.2, 0.25) is 11.8 Å². The number of piperidine rings is 1. The molecule has 3 aromatic rings. The highest BCUT2D eigenvalue weighted by Crippen LogP contribution is 2.22. The quantitative estimate of drug-likeness (QED) is 0.541. The van der Waals surface area contributed by atoms with Crippen molar-refractivity contribution in [3.8, 4) is 0 Å². The molecule has 0 spiro atoms. The molecule has 0 radical (unpaired) electrons. The van der Waals surface area contributed by atoms with Gasteiger partial charge in [-0.2, -0.15) is 0 Å². The number of aromatic amines is 1. The smallest absolute Gasteiger partial charge is 0.227 e. The zero-order valence-corrected chi connectivity index (χ0v) is 18.8. The minimum Gasteiger partial charge on any atom is -0.343 e. The number of fused-ring (bicyclic) bond motifs is 1. The highest BCUT2D eigenvalue weighted by molar-refractivity contribution is 5.94. The molecule has 2 N–H and O–H groups in total. The molecule has 2 aromatic carbocycles.